The quantitative estimate of drug-likeness (QED) is 0.892. The first kappa shape index (κ1) is 17.3. The van der Waals surface area contributed by atoms with Gasteiger partial charge in [-0.1, -0.05) is 15.9 Å². The number of halogens is 2. The molecule has 0 aliphatic carbocycles. The first-order chi connectivity index (χ1) is 9.20. The van der Waals surface area contributed by atoms with Gasteiger partial charge < -0.3 is 15.0 Å². The number of nitrogens with zero attached hydrogens (tertiary/aromatic N) is 1. The molecule has 1 saturated heterocycles. The van der Waals surface area contributed by atoms with Crippen LogP contribution in [0.4, 0.5) is 0 Å². The summed E-state index contributed by atoms with van der Waals surface area (Å²) >= 11 is 3.45. The number of hydrogen-bond acceptors (Lipinski definition) is 3. The van der Waals surface area contributed by atoms with Crippen molar-refractivity contribution in [3.8, 4) is 5.75 Å². The summed E-state index contributed by atoms with van der Waals surface area (Å²) in [5.74, 6) is 1.07. The maximum absolute atomic E-state index is 12.1. The molecule has 112 valence electrons. The van der Waals surface area contributed by atoms with E-state index in [0.717, 1.165) is 42.0 Å². The van der Waals surface area contributed by atoms with Gasteiger partial charge in [-0.3, -0.25) is 4.79 Å². The van der Waals surface area contributed by atoms with Gasteiger partial charge in [-0.15, -0.1) is 12.4 Å². The van der Waals surface area contributed by atoms with Gasteiger partial charge in [0.2, 0.25) is 5.91 Å². The van der Waals surface area contributed by atoms with Crippen LogP contribution in [0.25, 0.3) is 0 Å². The lowest BCUT2D eigenvalue weighted by Crippen LogP contribution is -2.46. The van der Waals surface area contributed by atoms with Crippen molar-refractivity contribution in [2.45, 2.75) is 12.8 Å². The molecule has 0 aromatic heterocycles. The minimum atomic E-state index is 0. The van der Waals surface area contributed by atoms with Crippen molar-refractivity contribution in [3.63, 3.8) is 0 Å². The van der Waals surface area contributed by atoms with Gasteiger partial charge in [-0.2, -0.15) is 0 Å². The van der Waals surface area contributed by atoms with Gasteiger partial charge in [0, 0.05) is 37.1 Å². The number of amides is 1. The Morgan fingerprint density at radius 1 is 1.40 bits per heavy atom. The van der Waals surface area contributed by atoms with E-state index in [4.69, 9.17) is 4.74 Å². The fraction of sp³-hybridized carbons (Fsp3) is 0.500. The molecule has 1 amide bonds. The molecule has 1 fully saturated rings. The first-order valence-electron chi connectivity index (χ1n) is 6.51. The molecule has 20 heavy (non-hydrogen) atoms. The second-order valence-corrected chi connectivity index (χ2v) is 5.50. The lowest BCUT2D eigenvalue weighted by Gasteiger charge is -2.27. The molecule has 1 aromatic carbocycles. The van der Waals surface area contributed by atoms with Gasteiger partial charge in [0.25, 0.3) is 0 Å². The third-order valence-corrected chi connectivity index (χ3v) is 3.81. The van der Waals surface area contributed by atoms with Crippen molar-refractivity contribution in [1.29, 1.82) is 0 Å². The number of ether oxygens (including phenoxy) is 1. The van der Waals surface area contributed by atoms with Crippen molar-refractivity contribution in [3.05, 3.63) is 28.2 Å². The highest BCUT2D eigenvalue weighted by atomic mass is 79.9. The predicted molar refractivity (Wildman–Crippen MR) is 85.7 cm³/mol. The third kappa shape index (κ3) is 4.65. The molecule has 2 rings (SSSR count). The van der Waals surface area contributed by atoms with E-state index >= 15 is 0 Å². The predicted octanol–water partition coefficient (Wildman–Crippen LogP) is 2.24. The van der Waals surface area contributed by atoms with Crippen LogP contribution in [-0.2, 0) is 11.2 Å². The first-order valence-corrected chi connectivity index (χ1v) is 7.31. The Bertz CT molecular complexity index is 451. The maximum atomic E-state index is 12.1. The number of carbonyl (C=O) groups is 1. The Morgan fingerprint density at radius 2 is 2.10 bits per heavy atom. The average Bonchev–Trinajstić information content (AvgIpc) is 2.46. The number of nitrogens with one attached hydrogen (secondary N) is 1. The van der Waals surface area contributed by atoms with Crippen LogP contribution in [0.2, 0.25) is 0 Å². The van der Waals surface area contributed by atoms with Gasteiger partial charge in [0.1, 0.15) is 5.75 Å². The van der Waals surface area contributed by atoms with Gasteiger partial charge in [0.05, 0.1) is 7.11 Å². The highest BCUT2D eigenvalue weighted by molar-refractivity contribution is 9.10. The molecule has 1 N–H and O–H groups in total. The number of piperazine rings is 1. The fourth-order valence-corrected chi connectivity index (χ4v) is 2.66. The van der Waals surface area contributed by atoms with Crippen LogP contribution in [-0.4, -0.2) is 44.1 Å². The molecule has 0 saturated carbocycles. The van der Waals surface area contributed by atoms with E-state index in [1.165, 1.54) is 0 Å². The summed E-state index contributed by atoms with van der Waals surface area (Å²) < 4.78 is 6.33. The highest BCUT2D eigenvalue weighted by Gasteiger charge is 2.16. The topological polar surface area (TPSA) is 41.6 Å². The zero-order valence-electron chi connectivity index (χ0n) is 11.5. The van der Waals surface area contributed by atoms with Gasteiger partial charge in [-0.25, -0.2) is 0 Å². The molecule has 0 atom stereocenters. The van der Waals surface area contributed by atoms with E-state index < -0.39 is 0 Å². The van der Waals surface area contributed by atoms with Crippen LogP contribution in [0.5, 0.6) is 5.75 Å². The molecule has 0 spiro atoms. The van der Waals surface area contributed by atoms with E-state index in [-0.39, 0.29) is 18.3 Å². The van der Waals surface area contributed by atoms with Crippen molar-refractivity contribution in [1.82, 2.24) is 10.2 Å². The molecule has 0 unspecified atom stereocenters. The van der Waals surface area contributed by atoms with Crippen LogP contribution in [0.15, 0.2) is 22.7 Å². The summed E-state index contributed by atoms with van der Waals surface area (Å²) in [4.78, 5) is 14.0. The van der Waals surface area contributed by atoms with E-state index in [1.54, 1.807) is 7.11 Å². The monoisotopic (exact) mass is 362 g/mol. The van der Waals surface area contributed by atoms with E-state index in [1.807, 2.05) is 23.1 Å². The summed E-state index contributed by atoms with van der Waals surface area (Å²) in [6.45, 7) is 3.42. The number of carbonyl (C=O) groups excluding carboxylic acids is 1. The molecule has 0 bridgehead atoms. The van der Waals surface area contributed by atoms with E-state index in [2.05, 4.69) is 21.2 Å². The van der Waals surface area contributed by atoms with Gasteiger partial charge in [0.15, 0.2) is 0 Å². The molecule has 1 heterocycles. The smallest absolute Gasteiger partial charge is 0.222 e. The van der Waals surface area contributed by atoms with Crippen LogP contribution in [0, 0.1) is 0 Å². The molecular weight excluding hydrogens is 344 g/mol. The molecule has 1 aromatic rings. The Hall–Kier alpha value is -0.780. The van der Waals surface area contributed by atoms with E-state index in [9.17, 15) is 4.79 Å². The summed E-state index contributed by atoms with van der Waals surface area (Å²) in [6, 6.07) is 5.89. The minimum Gasteiger partial charge on any atom is -0.496 e. The van der Waals surface area contributed by atoms with E-state index in [0.29, 0.717) is 12.8 Å². The van der Waals surface area contributed by atoms with Gasteiger partial charge in [-0.05, 0) is 30.2 Å². The number of hydrogen-bond donors (Lipinski definition) is 1. The molecule has 6 heteroatoms. The molecular formula is C14H20BrClN2O2. The van der Waals surface area contributed by atoms with Crippen LogP contribution < -0.4 is 10.1 Å². The lowest BCUT2D eigenvalue weighted by atomic mass is 10.1. The normalized spacial score (nSPS) is 14.6. The molecule has 1 aliphatic heterocycles. The largest absolute Gasteiger partial charge is 0.496 e. The zero-order valence-corrected chi connectivity index (χ0v) is 13.9. The van der Waals surface area contributed by atoms with Gasteiger partial charge >= 0.3 is 0 Å². The van der Waals surface area contributed by atoms with Crippen molar-refractivity contribution >= 4 is 34.2 Å². The standard InChI is InChI=1S/C14H19BrN2O2.ClH/c1-19-13-4-3-12(15)10-11(13)2-5-14(18)17-8-6-16-7-9-17;/h3-4,10,16H,2,5-9H2,1H3;1H. The van der Waals surface area contributed by atoms with Crippen molar-refractivity contribution < 1.29 is 9.53 Å². The summed E-state index contributed by atoms with van der Waals surface area (Å²) in [5.41, 5.74) is 1.07. The second-order valence-electron chi connectivity index (χ2n) is 4.59. The molecule has 1 aliphatic rings. The maximum Gasteiger partial charge on any atom is 0.222 e. The van der Waals surface area contributed by atoms with Crippen LogP contribution in [0.3, 0.4) is 0 Å². The SMILES string of the molecule is COc1ccc(Br)cc1CCC(=O)N1CCNCC1.Cl. The average molecular weight is 364 g/mol. The third-order valence-electron chi connectivity index (χ3n) is 3.32. The Morgan fingerprint density at radius 3 is 2.75 bits per heavy atom. The fourth-order valence-electron chi connectivity index (χ4n) is 2.26. The molecule has 4 nitrogen and oxygen atoms in total. The van der Waals surface area contributed by atoms with Crippen LogP contribution in [0.1, 0.15) is 12.0 Å². The summed E-state index contributed by atoms with van der Waals surface area (Å²) in [7, 11) is 1.66. The molecule has 0 radical (unpaired) electrons. The summed E-state index contributed by atoms with van der Waals surface area (Å²) in [6.07, 6.45) is 1.25. The number of methoxy groups -OCH3 is 1. The van der Waals surface area contributed by atoms with Crippen molar-refractivity contribution in [2.75, 3.05) is 33.3 Å². The number of rotatable bonds is 4. The lowest BCUT2D eigenvalue weighted by molar-refractivity contribution is -0.131. The van der Waals surface area contributed by atoms with Crippen molar-refractivity contribution in [2.24, 2.45) is 0 Å². The zero-order chi connectivity index (χ0) is 13.7. The highest BCUT2D eigenvalue weighted by Crippen LogP contribution is 2.24. The minimum absolute atomic E-state index is 0. The second kappa shape index (κ2) is 8.49. The Labute approximate surface area is 134 Å². The Kier molecular flexibility index (Phi) is 7.34. The van der Waals surface area contributed by atoms with Crippen LogP contribution >= 0.6 is 28.3 Å². The number of aryl methyl sites for hydroxylation is 1. The number of benzene rings is 1. The Balaban J connectivity index is 0.00000200. The summed E-state index contributed by atoms with van der Waals surface area (Å²) in [5, 5.41) is 3.25.